The van der Waals surface area contributed by atoms with Gasteiger partial charge in [0.25, 0.3) is 0 Å². The van der Waals surface area contributed by atoms with Gasteiger partial charge in [-0.1, -0.05) is 12.1 Å². The molecule has 0 saturated carbocycles. The SMILES string of the molecule is CCNc1nc(N)n(-c2ccccc2F)n1. The van der Waals surface area contributed by atoms with E-state index in [-0.39, 0.29) is 17.5 Å². The Morgan fingerprint density at radius 2 is 2.19 bits per heavy atom. The zero-order chi connectivity index (χ0) is 11.5. The van der Waals surface area contributed by atoms with Crippen LogP contribution < -0.4 is 11.1 Å². The number of nitrogen functional groups attached to an aromatic ring is 1. The summed E-state index contributed by atoms with van der Waals surface area (Å²) in [5, 5.41) is 6.97. The molecule has 1 aromatic carbocycles. The quantitative estimate of drug-likeness (QED) is 0.822. The van der Waals surface area contributed by atoms with Crippen LogP contribution in [0.4, 0.5) is 16.3 Å². The van der Waals surface area contributed by atoms with Gasteiger partial charge >= 0.3 is 0 Å². The van der Waals surface area contributed by atoms with Crippen molar-refractivity contribution < 1.29 is 4.39 Å². The molecule has 0 spiro atoms. The highest BCUT2D eigenvalue weighted by Crippen LogP contribution is 2.16. The van der Waals surface area contributed by atoms with Crippen LogP contribution in [0.25, 0.3) is 5.69 Å². The van der Waals surface area contributed by atoms with Crippen LogP contribution in [0.2, 0.25) is 0 Å². The highest BCUT2D eigenvalue weighted by molar-refractivity contribution is 5.42. The number of hydrogen-bond acceptors (Lipinski definition) is 4. The van der Waals surface area contributed by atoms with Crippen molar-refractivity contribution in [2.75, 3.05) is 17.6 Å². The minimum Gasteiger partial charge on any atom is -0.368 e. The molecule has 0 bridgehead atoms. The molecular weight excluding hydrogens is 209 g/mol. The fraction of sp³-hybridized carbons (Fsp3) is 0.200. The molecule has 0 aliphatic heterocycles. The van der Waals surface area contributed by atoms with Crippen LogP contribution in [0, 0.1) is 5.82 Å². The van der Waals surface area contributed by atoms with Crippen molar-refractivity contribution in [1.82, 2.24) is 14.8 Å². The van der Waals surface area contributed by atoms with Crippen LogP contribution in [-0.2, 0) is 0 Å². The van der Waals surface area contributed by atoms with Gasteiger partial charge in [0.2, 0.25) is 11.9 Å². The van der Waals surface area contributed by atoms with E-state index in [9.17, 15) is 4.39 Å². The third-order valence-corrected chi connectivity index (χ3v) is 2.05. The van der Waals surface area contributed by atoms with E-state index in [4.69, 9.17) is 5.73 Å². The topological polar surface area (TPSA) is 68.8 Å². The molecule has 1 aromatic heterocycles. The Kier molecular flexibility index (Phi) is 2.72. The lowest BCUT2D eigenvalue weighted by Gasteiger charge is -2.02. The number of nitrogens with two attached hydrogens (primary N) is 1. The fourth-order valence-electron chi connectivity index (χ4n) is 1.36. The third-order valence-electron chi connectivity index (χ3n) is 2.05. The molecule has 0 saturated heterocycles. The monoisotopic (exact) mass is 221 g/mol. The molecule has 0 fully saturated rings. The number of benzene rings is 1. The van der Waals surface area contributed by atoms with Crippen LogP contribution in [0.15, 0.2) is 24.3 Å². The predicted molar refractivity (Wildman–Crippen MR) is 59.9 cm³/mol. The zero-order valence-corrected chi connectivity index (χ0v) is 8.81. The Bertz CT molecular complexity index is 494. The Morgan fingerprint density at radius 1 is 1.44 bits per heavy atom. The Morgan fingerprint density at radius 3 is 2.88 bits per heavy atom. The first kappa shape index (κ1) is 10.4. The van der Waals surface area contributed by atoms with Crippen molar-refractivity contribution in [2.45, 2.75) is 6.92 Å². The zero-order valence-electron chi connectivity index (χ0n) is 8.81. The van der Waals surface area contributed by atoms with Gasteiger partial charge in [0.1, 0.15) is 11.5 Å². The number of rotatable bonds is 3. The van der Waals surface area contributed by atoms with E-state index >= 15 is 0 Å². The van der Waals surface area contributed by atoms with Gasteiger partial charge in [-0.2, -0.15) is 9.67 Å². The van der Waals surface area contributed by atoms with Crippen LogP contribution in [0.1, 0.15) is 6.92 Å². The fourth-order valence-corrected chi connectivity index (χ4v) is 1.36. The van der Waals surface area contributed by atoms with E-state index in [2.05, 4.69) is 15.4 Å². The van der Waals surface area contributed by atoms with Crippen LogP contribution in [0.5, 0.6) is 0 Å². The summed E-state index contributed by atoms with van der Waals surface area (Å²) < 4.78 is 14.8. The van der Waals surface area contributed by atoms with E-state index < -0.39 is 0 Å². The highest BCUT2D eigenvalue weighted by Gasteiger charge is 2.11. The van der Waals surface area contributed by atoms with Gasteiger partial charge in [-0.25, -0.2) is 4.39 Å². The molecule has 0 unspecified atom stereocenters. The number of anilines is 2. The number of halogens is 1. The maximum Gasteiger partial charge on any atom is 0.244 e. The van der Waals surface area contributed by atoms with Crippen LogP contribution >= 0.6 is 0 Å². The van der Waals surface area contributed by atoms with Gasteiger partial charge in [-0.3, -0.25) is 0 Å². The van der Waals surface area contributed by atoms with Crippen molar-refractivity contribution in [1.29, 1.82) is 0 Å². The van der Waals surface area contributed by atoms with Gasteiger partial charge in [0.05, 0.1) is 0 Å². The lowest BCUT2D eigenvalue weighted by atomic mass is 10.3. The summed E-state index contributed by atoms with van der Waals surface area (Å²) in [6.45, 7) is 2.60. The molecule has 5 nitrogen and oxygen atoms in total. The molecule has 2 rings (SSSR count). The molecule has 0 atom stereocenters. The molecule has 3 N–H and O–H groups in total. The summed E-state index contributed by atoms with van der Waals surface area (Å²) in [5.41, 5.74) is 5.94. The average molecular weight is 221 g/mol. The molecule has 0 aliphatic rings. The second-order valence-electron chi connectivity index (χ2n) is 3.19. The summed E-state index contributed by atoms with van der Waals surface area (Å²) in [5.74, 6) is 0.159. The predicted octanol–water partition coefficient (Wildman–Crippen LogP) is 1.42. The minimum atomic E-state index is -0.387. The van der Waals surface area contributed by atoms with Gasteiger partial charge in [0.15, 0.2) is 0 Å². The first-order chi connectivity index (χ1) is 7.72. The lowest BCUT2D eigenvalue weighted by Crippen LogP contribution is -2.04. The summed E-state index contributed by atoms with van der Waals surface area (Å²) in [7, 11) is 0. The average Bonchev–Trinajstić information content (AvgIpc) is 2.61. The molecule has 1 heterocycles. The van der Waals surface area contributed by atoms with Crippen molar-refractivity contribution in [3.63, 3.8) is 0 Å². The van der Waals surface area contributed by atoms with Gasteiger partial charge in [-0.05, 0) is 19.1 Å². The van der Waals surface area contributed by atoms with E-state index in [1.165, 1.54) is 10.7 Å². The summed E-state index contributed by atoms with van der Waals surface area (Å²) >= 11 is 0. The first-order valence-electron chi connectivity index (χ1n) is 4.93. The number of nitrogens with one attached hydrogen (secondary N) is 1. The molecular formula is C10H12FN5. The van der Waals surface area contributed by atoms with E-state index in [0.717, 1.165) is 0 Å². The minimum absolute atomic E-state index is 0.154. The number of aromatic nitrogens is 3. The largest absolute Gasteiger partial charge is 0.368 e. The smallest absolute Gasteiger partial charge is 0.244 e. The molecule has 0 aliphatic carbocycles. The standard InChI is InChI=1S/C10H12FN5/c1-2-13-10-14-9(12)16(15-10)8-6-4-3-5-7(8)11/h3-6H,2H2,1H3,(H3,12,13,14,15). The van der Waals surface area contributed by atoms with Crippen molar-refractivity contribution in [3.8, 4) is 5.69 Å². The number of nitrogens with zero attached hydrogens (tertiary/aromatic N) is 3. The van der Waals surface area contributed by atoms with Crippen molar-refractivity contribution in [3.05, 3.63) is 30.1 Å². The maximum atomic E-state index is 13.5. The number of hydrogen-bond donors (Lipinski definition) is 2. The molecule has 16 heavy (non-hydrogen) atoms. The maximum absolute atomic E-state index is 13.5. The highest BCUT2D eigenvalue weighted by atomic mass is 19.1. The molecule has 0 radical (unpaired) electrons. The Balaban J connectivity index is 2.44. The summed E-state index contributed by atoms with van der Waals surface area (Å²) in [6, 6.07) is 6.27. The Labute approximate surface area is 92.1 Å². The van der Waals surface area contributed by atoms with Gasteiger partial charge < -0.3 is 11.1 Å². The summed E-state index contributed by atoms with van der Waals surface area (Å²) in [6.07, 6.45) is 0. The van der Waals surface area contributed by atoms with E-state index in [0.29, 0.717) is 12.5 Å². The van der Waals surface area contributed by atoms with Crippen LogP contribution in [0.3, 0.4) is 0 Å². The van der Waals surface area contributed by atoms with Crippen molar-refractivity contribution >= 4 is 11.9 Å². The van der Waals surface area contributed by atoms with Crippen LogP contribution in [-0.4, -0.2) is 21.3 Å². The summed E-state index contributed by atoms with van der Waals surface area (Å²) in [4.78, 5) is 3.97. The first-order valence-corrected chi connectivity index (χ1v) is 4.93. The normalized spacial score (nSPS) is 10.4. The van der Waals surface area contributed by atoms with Crippen molar-refractivity contribution in [2.24, 2.45) is 0 Å². The molecule has 6 heteroatoms. The molecule has 2 aromatic rings. The van der Waals surface area contributed by atoms with Gasteiger partial charge in [0, 0.05) is 6.54 Å². The molecule has 0 amide bonds. The van der Waals surface area contributed by atoms with E-state index in [1.807, 2.05) is 6.92 Å². The molecule has 84 valence electrons. The second kappa shape index (κ2) is 4.18. The third kappa shape index (κ3) is 1.81. The second-order valence-corrected chi connectivity index (χ2v) is 3.19. The Hall–Kier alpha value is -2.11. The van der Waals surface area contributed by atoms with Gasteiger partial charge in [-0.15, -0.1) is 5.10 Å². The lowest BCUT2D eigenvalue weighted by molar-refractivity contribution is 0.612. The van der Waals surface area contributed by atoms with E-state index in [1.54, 1.807) is 18.2 Å². The number of para-hydroxylation sites is 1.